The molecule has 0 bridgehead atoms. The zero-order valence-electron chi connectivity index (χ0n) is 14.7. The van der Waals surface area contributed by atoms with Crippen LogP contribution in [0.1, 0.15) is 38.2 Å². The first-order chi connectivity index (χ1) is 12.1. The molecule has 25 heavy (non-hydrogen) atoms. The number of hydrogen-bond donors (Lipinski definition) is 1. The lowest BCUT2D eigenvalue weighted by Crippen LogP contribution is -2.50. The fourth-order valence-corrected chi connectivity index (χ4v) is 4.14. The summed E-state index contributed by atoms with van der Waals surface area (Å²) in [4.78, 5) is 28.3. The third-order valence-corrected chi connectivity index (χ3v) is 5.34. The van der Waals surface area contributed by atoms with Gasteiger partial charge in [-0.3, -0.25) is 14.5 Å². The summed E-state index contributed by atoms with van der Waals surface area (Å²) in [5.41, 5.74) is 0.493. The second-order valence-electron chi connectivity index (χ2n) is 6.97. The largest absolute Gasteiger partial charge is 0.351 e. The number of rotatable bonds is 5. The smallest absolute Gasteiger partial charge is 0.234 e. The minimum atomic E-state index is -0.301. The van der Waals surface area contributed by atoms with Gasteiger partial charge < -0.3 is 10.2 Å². The van der Waals surface area contributed by atoms with E-state index >= 15 is 0 Å². The van der Waals surface area contributed by atoms with E-state index in [1.807, 2.05) is 4.90 Å². The van der Waals surface area contributed by atoms with Gasteiger partial charge >= 0.3 is 0 Å². The molecule has 6 heteroatoms. The van der Waals surface area contributed by atoms with E-state index in [1.165, 1.54) is 6.07 Å². The standard InChI is InChI=1S/C19H26FN3O2/c1-14(24)23-11-5-9-18(23)17-8-4-10-22(17)13-19(25)21-12-15-6-2-3-7-16(15)20/h2-3,6-7,17-18H,4-5,8-13H2,1H3,(H,21,25). The van der Waals surface area contributed by atoms with Gasteiger partial charge in [-0.25, -0.2) is 4.39 Å². The average Bonchev–Trinajstić information content (AvgIpc) is 3.22. The number of hydrogen-bond acceptors (Lipinski definition) is 3. The number of benzene rings is 1. The first-order valence-electron chi connectivity index (χ1n) is 9.07. The molecule has 2 saturated heterocycles. The Balaban J connectivity index is 1.55. The van der Waals surface area contributed by atoms with Crippen LogP contribution in [0.2, 0.25) is 0 Å². The highest BCUT2D eigenvalue weighted by Gasteiger charge is 2.39. The van der Waals surface area contributed by atoms with Crippen LogP contribution >= 0.6 is 0 Å². The van der Waals surface area contributed by atoms with Crippen LogP contribution in [0, 0.1) is 5.82 Å². The Morgan fingerprint density at radius 3 is 2.64 bits per heavy atom. The predicted octanol–water partition coefficient (Wildman–Crippen LogP) is 1.92. The molecule has 2 aliphatic heterocycles. The highest BCUT2D eigenvalue weighted by molar-refractivity contribution is 5.78. The van der Waals surface area contributed by atoms with Gasteiger partial charge in [-0.05, 0) is 38.3 Å². The number of nitrogens with zero attached hydrogens (tertiary/aromatic N) is 2. The van der Waals surface area contributed by atoms with Crippen LogP contribution in [0.5, 0.6) is 0 Å². The van der Waals surface area contributed by atoms with Gasteiger partial charge in [0.25, 0.3) is 0 Å². The lowest BCUT2D eigenvalue weighted by molar-refractivity contribution is -0.130. The SMILES string of the molecule is CC(=O)N1CCCC1C1CCCN1CC(=O)NCc1ccccc1F. The number of nitrogens with one attached hydrogen (secondary N) is 1. The van der Waals surface area contributed by atoms with Crippen molar-refractivity contribution in [3.05, 3.63) is 35.6 Å². The van der Waals surface area contributed by atoms with Crippen LogP contribution in [-0.4, -0.2) is 53.3 Å². The van der Waals surface area contributed by atoms with E-state index in [0.29, 0.717) is 12.1 Å². The molecule has 2 aliphatic rings. The molecule has 1 aromatic rings. The monoisotopic (exact) mass is 347 g/mol. The summed E-state index contributed by atoms with van der Waals surface area (Å²) in [5.74, 6) is -0.272. The highest BCUT2D eigenvalue weighted by Crippen LogP contribution is 2.29. The maximum atomic E-state index is 13.6. The normalized spacial score (nSPS) is 23.8. The van der Waals surface area contributed by atoms with E-state index in [9.17, 15) is 14.0 Å². The number of likely N-dealkylation sites (tertiary alicyclic amines) is 2. The molecule has 0 saturated carbocycles. The average molecular weight is 347 g/mol. The van der Waals surface area contributed by atoms with Crippen molar-refractivity contribution < 1.29 is 14.0 Å². The summed E-state index contributed by atoms with van der Waals surface area (Å²) in [6.45, 7) is 3.83. The Hall–Kier alpha value is -1.95. The summed E-state index contributed by atoms with van der Waals surface area (Å²) in [5, 5.41) is 2.81. The van der Waals surface area contributed by atoms with Gasteiger partial charge in [0.2, 0.25) is 11.8 Å². The van der Waals surface area contributed by atoms with E-state index < -0.39 is 0 Å². The number of amides is 2. The van der Waals surface area contributed by atoms with Gasteiger partial charge in [0.15, 0.2) is 0 Å². The number of carbonyl (C=O) groups excluding carboxylic acids is 2. The van der Waals surface area contributed by atoms with Crippen LogP contribution in [0.4, 0.5) is 4.39 Å². The van der Waals surface area contributed by atoms with Crippen molar-refractivity contribution >= 4 is 11.8 Å². The second kappa shape index (κ2) is 7.95. The molecule has 2 heterocycles. The van der Waals surface area contributed by atoms with Crippen molar-refractivity contribution in [3.8, 4) is 0 Å². The molecule has 0 aliphatic carbocycles. The van der Waals surface area contributed by atoms with E-state index in [2.05, 4.69) is 10.2 Å². The van der Waals surface area contributed by atoms with Gasteiger partial charge in [0, 0.05) is 37.7 Å². The lowest BCUT2D eigenvalue weighted by atomic mass is 10.0. The van der Waals surface area contributed by atoms with Crippen LogP contribution in [0.3, 0.4) is 0 Å². The maximum Gasteiger partial charge on any atom is 0.234 e. The molecule has 0 aromatic heterocycles. The predicted molar refractivity (Wildman–Crippen MR) is 93.3 cm³/mol. The highest BCUT2D eigenvalue weighted by atomic mass is 19.1. The first-order valence-corrected chi connectivity index (χ1v) is 9.07. The second-order valence-corrected chi connectivity index (χ2v) is 6.97. The quantitative estimate of drug-likeness (QED) is 0.885. The maximum absolute atomic E-state index is 13.6. The molecule has 136 valence electrons. The van der Waals surface area contributed by atoms with Crippen LogP contribution in [0.25, 0.3) is 0 Å². The third-order valence-electron chi connectivity index (χ3n) is 5.34. The van der Waals surface area contributed by atoms with Gasteiger partial charge in [-0.15, -0.1) is 0 Å². The van der Waals surface area contributed by atoms with E-state index in [1.54, 1.807) is 25.1 Å². The van der Waals surface area contributed by atoms with Gasteiger partial charge in [-0.1, -0.05) is 18.2 Å². The first kappa shape index (κ1) is 17.9. The molecule has 0 radical (unpaired) electrons. The fraction of sp³-hybridized carbons (Fsp3) is 0.579. The molecule has 2 amide bonds. The van der Waals surface area contributed by atoms with Gasteiger partial charge in [0.1, 0.15) is 5.82 Å². The molecule has 1 N–H and O–H groups in total. The molecular weight excluding hydrogens is 321 g/mol. The summed E-state index contributed by atoms with van der Waals surface area (Å²) in [6.07, 6.45) is 4.12. The Kier molecular flexibility index (Phi) is 5.68. The summed E-state index contributed by atoms with van der Waals surface area (Å²) < 4.78 is 13.6. The summed E-state index contributed by atoms with van der Waals surface area (Å²) in [6, 6.07) is 6.95. The van der Waals surface area contributed by atoms with E-state index in [4.69, 9.17) is 0 Å². The lowest BCUT2D eigenvalue weighted by Gasteiger charge is -2.34. The Morgan fingerprint density at radius 1 is 1.16 bits per heavy atom. The Bertz CT molecular complexity index is 637. The van der Waals surface area contributed by atoms with Gasteiger partial charge in [0.05, 0.1) is 6.54 Å². The Labute approximate surface area is 148 Å². The summed E-state index contributed by atoms with van der Waals surface area (Å²) in [7, 11) is 0. The molecule has 2 atom stereocenters. The number of halogens is 1. The van der Waals surface area contributed by atoms with Crippen molar-refractivity contribution in [2.75, 3.05) is 19.6 Å². The molecule has 0 spiro atoms. The molecule has 1 aromatic carbocycles. The Morgan fingerprint density at radius 2 is 1.88 bits per heavy atom. The van der Waals surface area contributed by atoms with Crippen molar-refractivity contribution in [3.63, 3.8) is 0 Å². The minimum absolute atomic E-state index is 0.0949. The van der Waals surface area contributed by atoms with Crippen LogP contribution < -0.4 is 5.32 Å². The fourth-order valence-electron chi connectivity index (χ4n) is 4.14. The molecule has 5 nitrogen and oxygen atoms in total. The van der Waals surface area contributed by atoms with Crippen molar-refractivity contribution in [1.82, 2.24) is 15.1 Å². The van der Waals surface area contributed by atoms with Crippen molar-refractivity contribution in [1.29, 1.82) is 0 Å². The molecule has 2 fully saturated rings. The minimum Gasteiger partial charge on any atom is -0.351 e. The van der Waals surface area contributed by atoms with Crippen molar-refractivity contribution in [2.24, 2.45) is 0 Å². The van der Waals surface area contributed by atoms with Crippen molar-refractivity contribution in [2.45, 2.75) is 51.2 Å². The summed E-state index contributed by atoms with van der Waals surface area (Å²) >= 11 is 0. The zero-order chi connectivity index (χ0) is 17.8. The van der Waals surface area contributed by atoms with Crippen LogP contribution in [0.15, 0.2) is 24.3 Å². The van der Waals surface area contributed by atoms with Crippen LogP contribution in [-0.2, 0) is 16.1 Å². The molecule has 3 rings (SSSR count). The number of carbonyl (C=O) groups is 2. The third kappa shape index (κ3) is 4.18. The van der Waals surface area contributed by atoms with Gasteiger partial charge in [-0.2, -0.15) is 0 Å². The topological polar surface area (TPSA) is 52.7 Å². The molecular formula is C19H26FN3O2. The zero-order valence-corrected chi connectivity index (χ0v) is 14.7. The molecule has 2 unspecified atom stereocenters. The van der Waals surface area contributed by atoms with E-state index in [-0.39, 0.29) is 36.3 Å². The van der Waals surface area contributed by atoms with E-state index in [0.717, 1.165) is 38.8 Å².